The minimum atomic E-state index is -0.825. The number of nitrogens with one attached hydrogen (secondary N) is 2. The molecule has 0 saturated carbocycles. The lowest BCUT2D eigenvalue weighted by molar-refractivity contribution is -0.139. The van der Waals surface area contributed by atoms with Crippen LogP contribution < -0.4 is 20.2 Å². The molecule has 0 heterocycles. The smallest absolute Gasteiger partial charge is 0.329 e. The molecule has 2 rings (SSSR count). The van der Waals surface area contributed by atoms with Gasteiger partial charge >= 0.3 is 11.8 Å². The number of hydrazone groups is 1. The molecule has 0 unspecified atom stereocenters. The summed E-state index contributed by atoms with van der Waals surface area (Å²) in [6.45, 7) is 2.50. The Balaban J connectivity index is 1.98. The van der Waals surface area contributed by atoms with E-state index in [9.17, 15) is 9.59 Å². The lowest BCUT2D eigenvalue weighted by Gasteiger charge is -2.11. The zero-order valence-corrected chi connectivity index (χ0v) is 16.6. The Morgan fingerprint density at radius 3 is 2.52 bits per heavy atom. The van der Waals surface area contributed by atoms with E-state index < -0.39 is 11.8 Å². The van der Waals surface area contributed by atoms with E-state index in [2.05, 4.69) is 31.8 Å². The molecule has 0 aromatic heterocycles. The molecule has 0 spiro atoms. The van der Waals surface area contributed by atoms with Gasteiger partial charge in [0.2, 0.25) is 0 Å². The highest BCUT2D eigenvalue weighted by molar-refractivity contribution is 9.10. The molecule has 142 valence electrons. The highest BCUT2D eigenvalue weighted by Gasteiger charge is 2.10. The predicted molar refractivity (Wildman–Crippen MR) is 106 cm³/mol. The van der Waals surface area contributed by atoms with Gasteiger partial charge in [-0.2, -0.15) is 5.10 Å². The van der Waals surface area contributed by atoms with E-state index in [0.29, 0.717) is 30.2 Å². The number of ether oxygens (including phenoxy) is 2. The topological polar surface area (TPSA) is 89.0 Å². The molecule has 0 aliphatic rings. The molecule has 0 atom stereocenters. The van der Waals surface area contributed by atoms with E-state index in [1.807, 2.05) is 24.3 Å². The van der Waals surface area contributed by atoms with Crippen LogP contribution >= 0.6 is 15.9 Å². The van der Waals surface area contributed by atoms with Crippen LogP contribution in [0.15, 0.2) is 52.0 Å². The summed E-state index contributed by atoms with van der Waals surface area (Å²) >= 11 is 3.40. The Hall–Kier alpha value is -2.87. The molecule has 0 aliphatic heterocycles. The van der Waals surface area contributed by atoms with Crippen molar-refractivity contribution < 1.29 is 19.1 Å². The normalized spacial score (nSPS) is 10.5. The van der Waals surface area contributed by atoms with Gasteiger partial charge in [-0.05, 0) is 48.4 Å². The van der Waals surface area contributed by atoms with Crippen LogP contribution in [0.25, 0.3) is 0 Å². The Morgan fingerprint density at radius 2 is 1.85 bits per heavy atom. The summed E-state index contributed by atoms with van der Waals surface area (Å²) < 4.78 is 12.2. The number of likely N-dealkylation sites (N-methyl/N-ethyl adjacent to an activating group) is 1. The SMILES string of the molecule is CCNC(=O)C(=O)N/N=C\c1ccc(OCc2ccc(Br)cc2)c(OC)c1. The number of carbonyl (C=O) groups excluding carboxylic acids is 2. The van der Waals surface area contributed by atoms with Crippen LogP contribution in [-0.2, 0) is 16.2 Å². The lowest BCUT2D eigenvalue weighted by Crippen LogP contribution is -2.37. The van der Waals surface area contributed by atoms with Gasteiger partial charge < -0.3 is 14.8 Å². The summed E-state index contributed by atoms with van der Waals surface area (Å²) in [7, 11) is 1.54. The number of nitrogens with zero attached hydrogens (tertiary/aromatic N) is 1. The van der Waals surface area contributed by atoms with Gasteiger partial charge in [-0.15, -0.1) is 0 Å². The standard InChI is InChI=1S/C19H20BrN3O4/c1-3-21-18(24)19(25)23-22-11-14-6-9-16(17(10-14)26-2)27-12-13-4-7-15(20)8-5-13/h4-11H,3,12H2,1-2H3,(H,21,24)(H,23,25)/b22-11-. The van der Waals surface area contributed by atoms with Crippen molar-refractivity contribution >= 4 is 34.0 Å². The van der Waals surface area contributed by atoms with Crippen molar-refractivity contribution in [3.8, 4) is 11.5 Å². The third-order valence-corrected chi connectivity index (χ3v) is 3.95. The van der Waals surface area contributed by atoms with Gasteiger partial charge in [-0.25, -0.2) is 5.43 Å². The third kappa shape index (κ3) is 6.41. The summed E-state index contributed by atoms with van der Waals surface area (Å²) in [6, 6.07) is 13.1. The number of carbonyl (C=O) groups is 2. The van der Waals surface area contributed by atoms with E-state index in [1.165, 1.54) is 6.21 Å². The number of halogens is 1. The fourth-order valence-corrected chi connectivity index (χ4v) is 2.35. The van der Waals surface area contributed by atoms with E-state index in [-0.39, 0.29) is 0 Å². The van der Waals surface area contributed by atoms with E-state index in [1.54, 1.807) is 32.2 Å². The predicted octanol–water partition coefficient (Wildman–Crippen LogP) is 2.62. The van der Waals surface area contributed by atoms with Crippen molar-refractivity contribution in [1.82, 2.24) is 10.7 Å². The average molecular weight is 434 g/mol. The molecule has 0 saturated heterocycles. The molecular weight excluding hydrogens is 414 g/mol. The minimum absolute atomic E-state index is 0.370. The van der Waals surface area contributed by atoms with Crippen molar-refractivity contribution in [2.75, 3.05) is 13.7 Å². The summed E-state index contributed by atoms with van der Waals surface area (Å²) in [4.78, 5) is 22.8. The van der Waals surface area contributed by atoms with Gasteiger partial charge in [0.25, 0.3) is 0 Å². The van der Waals surface area contributed by atoms with Gasteiger partial charge in [0.15, 0.2) is 11.5 Å². The zero-order valence-electron chi connectivity index (χ0n) is 15.0. The molecule has 0 fully saturated rings. The zero-order chi connectivity index (χ0) is 19.6. The maximum absolute atomic E-state index is 11.5. The number of rotatable bonds is 7. The van der Waals surface area contributed by atoms with Crippen LogP contribution in [0.5, 0.6) is 11.5 Å². The lowest BCUT2D eigenvalue weighted by atomic mass is 10.2. The van der Waals surface area contributed by atoms with Crippen LogP contribution in [0, 0.1) is 0 Å². The fourth-order valence-electron chi connectivity index (χ4n) is 2.08. The molecular formula is C19H20BrN3O4. The van der Waals surface area contributed by atoms with Gasteiger partial charge in [0, 0.05) is 11.0 Å². The second-order valence-electron chi connectivity index (χ2n) is 5.38. The van der Waals surface area contributed by atoms with Crippen LogP contribution in [0.4, 0.5) is 0 Å². The maximum atomic E-state index is 11.5. The quantitative estimate of drug-likeness (QED) is 0.399. The van der Waals surface area contributed by atoms with Crippen molar-refractivity contribution in [2.24, 2.45) is 5.10 Å². The summed E-state index contributed by atoms with van der Waals surface area (Å²) in [6.07, 6.45) is 1.41. The van der Waals surface area contributed by atoms with Gasteiger partial charge in [0.05, 0.1) is 13.3 Å². The summed E-state index contributed by atoms with van der Waals surface area (Å²) in [5, 5.41) is 6.15. The number of benzene rings is 2. The maximum Gasteiger partial charge on any atom is 0.329 e. The van der Waals surface area contributed by atoms with Crippen molar-refractivity contribution in [1.29, 1.82) is 0 Å². The van der Waals surface area contributed by atoms with Gasteiger partial charge in [-0.1, -0.05) is 28.1 Å². The van der Waals surface area contributed by atoms with Crippen molar-refractivity contribution in [2.45, 2.75) is 13.5 Å². The van der Waals surface area contributed by atoms with E-state index in [4.69, 9.17) is 9.47 Å². The van der Waals surface area contributed by atoms with Crippen LogP contribution in [0.2, 0.25) is 0 Å². The third-order valence-electron chi connectivity index (χ3n) is 3.42. The molecule has 2 aromatic rings. The number of amides is 2. The van der Waals surface area contributed by atoms with Crippen LogP contribution in [0.1, 0.15) is 18.1 Å². The minimum Gasteiger partial charge on any atom is -0.493 e. The highest BCUT2D eigenvalue weighted by atomic mass is 79.9. The second-order valence-corrected chi connectivity index (χ2v) is 6.30. The number of hydrogen-bond donors (Lipinski definition) is 2. The van der Waals surface area contributed by atoms with Crippen molar-refractivity contribution in [3.63, 3.8) is 0 Å². The second kappa shape index (κ2) is 10.3. The molecule has 0 bridgehead atoms. The fraction of sp³-hybridized carbons (Fsp3) is 0.211. The molecule has 0 radical (unpaired) electrons. The monoisotopic (exact) mass is 433 g/mol. The van der Waals surface area contributed by atoms with E-state index >= 15 is 0 Å². The highest BCUT2D eigenvalue weighted by Crippen LogP contribution is 2.28. The van der Waals surface area contributed by atoms with Crippen LogP contribution in [-0.4, -0.2) is 31.7 Å². The number of methoxy groups -OCH3 is 1. The molecule has 2 aromatic carbocycles. The summed E-state index contributed by atoms with van der Waals surface area (Å²) in [5.74, 6) is -0.437. The van der Waals surface area contributed by atoms with Crippen molar-refractivity contribution in [3.05, 3.63) is 58.1 Å². The molecule has 2 amide bonds. The first kappa shape index (κ1) is 20.4. The Morgan fingerprint density at radius 1 is 1.11 bits per heavy atom. The first-order valence-corrected chi connectivity index (χ1v) is 8.99. The first-order chi connectivity index (χ1) is 13.0. The molecule has 7 nitrogen and oxygen atoms in total. The Kier molecular flexibility index (Phi) is 7.81. The first-order valence-electron chi connectivity index (χ1n) is 8.20. The van der Waals surface area contributed by atoms with Gasteiger partial charge in [0.1, 0.15) is 6.61 Å². The van der Waals surface area contributed by atoms with Gasteiger partial charge in [-0.3, -0.25) is 9.59 Å². The summed E-state index contributed by atoms with van der Waals surface area (Å²) in [5.41, 5.74) is 3.87. The largest absolute Gasteiger partial charge is 0.493 e. The Labute approximate surface area is 165 Å². The van der Waals surface area contributed by atoms with Crippen LogP contribution in [0.3, 0.4) is 0 Å². The molecule has 27 heavy (non-hydrogen) atoms. The molecule has 8 heteroatoms. The van der Waals surface area contributed by atoms with E-state index in [0.717, 1.165) is 10.0 Å². The molecule has 2 N–H and O–H groups in total. The molecule has 0 aliphatic carbocycles. The Bertz CT molecular complexity index is 822. The average Bonchev–Trinajstić information content (AvgIpc) is 2.68. The number of hydrogen-bond acceptors (Lipinski definition) is 5.